The molecule has 4 heteroatoms. The number of aromatic carboxylic acids is 1. The summed E-state index contributed by atoms with van der Waals surface area (Å²) in [6.45, 7) is 1.86. The molecule has 3 rings (SSSR count). The van der Waals surface area contributed by atoms with Crippen molar-refractivity contribution in [3.8, 4) is 5.69 Å². The molecule has 0 saturated heterocycles. The van der Waals surface area contributed by atoms with Gasteiger partial charge in [0.05, 0.1) is 11.3 Å². The molecule has 1 aromatic heterocycles. The minimum Gasteiger partial charge on any atom is -0.478 e. The predicted molar refractivity (Wildman–Crippen MR) is 91.2 cm³/mol. The topological polar surface area (TPSA) is 54.6 Å². The summed E-state index contributed by atoms with van der Waals surface area (Å²) in [5.74, 6) is -0.927. The molecule has 0 bridgehead atoms. The van der Waals surface area contributed by atoms with Crippen LogP contribution in [0.1, 0.15) is 21.5 Å². The number of aliphatic imine (C=N–C) groups is 1. The van der Waals surface area contributed by atoms with Crippen LogP contribution in [-0.4, -0.2) is 21.9 Å². The second-order valence-electron chi connectivity index (χ2n) is 5.25. The van der Waals surface area contributed by atoms with Crippen LogP contribution in [0.2, 0.25) is 0 Å². The molecule has 0 amide bonds. The fraction of sp³-hybridized carbons (Fsp3) is 0.0526. The summed E-state index contributed by atoms with van der Waals surface area (Å²) in [5, 5.41) is 8.98. The summed E-state index contributed by atoms with van der Waals surface area (Å²) in [6.07, 6.45) is 5.76. The lowest BCUT2D eigenvalue weighted by Crippen LogP contribution is -1.95. The van der Waals surface area contributed by atoms with Crippen LogP contribution in [-0.2, 0) is 0 Å². The Labute approximate surface area is 134 Å². The lowest BCUT2D eigenvalue weighted by molar-refractivity contribution is 0.0697. The Hall–Kier alpha value is -3.14. The number of benzene rings is 2. The summed E-state index contributed by atoms with van der Waals surface area (Å²) >= 11 is 0. The fourth-order valence-electron chi connectivity index (χ4n) is 2.33. The average molecular weight is 304 g/mol. The van der Waals surface area contributed by atoms with E-state index in [4.69, 9.17) is 5.11 Å². The maximum atomic E-state index is 10.9. The highest BCUT2D eigenvalue weighted by molar-refractivity contribution is 5.89. The zero-order valence-corrected chi connectivity index (χ0v) is 12.7. The van der Waals surface area contributed by atoms with Gasteiger partial charge in [-0.2, -0.15) is 0 Å². The molecule has 0 unspecified atom stereocenters. The second-order valence-corrected chi connectivity index (χ2v) is 5.25. The predicted octanol–water partition coefficient (Wildman–Crippen LogP) is 4.23. The van der Waals surface area contributed by atoms with E-state index in [-0.39, 0.29) is 5.56 Å². The third-order valence-corrected chi connectivity index (χ3v) is 3.57. The van der Waals surface area contributed by atoms with Gasteiger partial charge in [-0.1, -0.05) is 18.2 Å². The van der Waals surface area contributed by atoms with Gasteiger partial charge in [-0.25, -0.2) is 4.79 Å². The van der Waals surface area contributed by atoms with Gasteiger partial charge in [-0.3, -0.25) is 4.99 Å². The number of aryl methyl sites for hydroxylation is 1. The smallest absolute Gasteiger partial charge is 0.335 e. The van der Waals surface area contributed by atoms with E-state index in [1.165, 1.54) is 0 Å². The SMILES string of the molecule is Cc1cc(C(=O)O)ccc1N=Cc1ccn(-c2ccccc2)c1. The molecule has 3 aromatic rings. The molecule has 1 heterocycles. The Bertz CT molecular complexity index is 864. The highest BCUT2D eigenvalue weighted by atomic mass is 16.4. The molecule has 1 N–H and O–H groups in total. The average Bonchev–Trinajstić information content (AvgIpc) is 3.03. The van der Waals surface area contributed by atoms with Crippen molar-refractivity contribution in [2.45, 2.75) is 6.92 Å². The van der Waals surface area contributed by atoms with Crippen LogP contribution < -0.4 is 0 Å². The standard InChI is InChI=1S/C19H16N2O2/c1-14-11-16(19(22)23)7-8-18(14)20-12-15-9-10-21(13-15)17-5-3-2-4-6-17/h2-13H,1H3,(H,22,23). The lowest BCUT2D eigenvalue weighted by atomic mass is 10.1. The van der Waals surface area contributed by atoms with E-state index in [1.54, 1.807) is 24.4 Å². The minimum atomic E-state index is -0.927. The van der Waals surface area contributed by atoms with Gasteiger partial charge < -0.3 is 9.67 Å². The van der Waals surface area contributed by atoms with E-state index >= 15 is 0 Å². The van der Waals surface area contributed by atoms with Gasteiger partial charge in [0.1, 0.15) is 0 Å². The number of carboxylic acid groups (broad SMARTS) is 1. The third-order valence-electron chi connectivity index (χ3n) is 3.57. The van der Waals surface area contributed by atoms with Crippen molar-refractivity contribution in [3.05, 3.63) is 83.7 Å². The van der Waals surface area contributed by atoms with Gasteiger partial charge >= 0.3 is 5.97 Å². The Balaban J connectivity index is 1.81. The van der Waals surface area contributed by atoms with Crippen molar-refractivity contribution in [1.29, 1.82) is 0 Å². The molecule has 0 fully saturated rings. The number of carboxylic acids is 1. The van der Waals surface area contributed by atoms with Crippen LogP contribution in [0.5, 0.6) is 0 Å². The summed E-state index contributed by atoms with van der Waals surface area (Å²) in [5.41, 5.74) is 3.95. The number of rotatable bonds is 4. The van der Waals surface area contributed by atoms with Crippen molar-refractivity contribution in [1.82, 2.24) is 4.57 Å². The van der Waals surface area contributed by atoms with E-state index in [1.807, 2.05) is 60.3 Å². The van der Waals surface area contributed by atoms with Gasteiger partial charge in [0.15, 0.2) is 0 Å². The number of para-hydroxylation sites is 1. The number of hydrogen-bond donors (Lipinski definition) is 1. The molecular weight excluding hydrogens is 288 g/mol. The van der Waals surface area contributed by atoms with E-state index in [9.17, 15) is 4.79 Å². The summed E-state index contributed by atoms with van der Waals surface area (Å²) < 4.78 is 2.03. The summed E-state index contributed by atoms with van der Waals surface area (Å²) in [6, 6.07) is 17.0. The second kappa shape index (κ2) is 6.32. The molecule has 0 radical (unpaired) electrons. The molecule has 2 aromatic carbocycles. The molecule has 4 nitrogen and oxygen atoms in total. The number of aromatic nitrogens is 1. The van der Waals surface area contributed by atoms with Crippen molar-refractivity contribution in [3.63, 3.8) is 0 Å². The van der Waals surface area contributed by atoms with Crippen molar-refractivity contribution in [2.75, 3.05) is 0 Å². The van der Waals surface area contributed by atoms with Crippen LogP contribution >= 0.6 is 0 Å². The van der Waals surface area contributed by atoms with Crippen LogP contribution in [0.3, 0.4) is 0 Å². The molecule has 0 aliphatic carbocycles. The van der Waals surface area contributed by atoms with E-state index in [0.29, 0.717) is 0 Å². The van der Waals surface area contributed by atoms with E-state index in [0.717, 1.165) is 22.5 Å². The van der Waals surface area contributed by atoms with Crippen LogP contribution in [0, 0.1) is 6.92 Å². The Kier molecular flexibility index (Phi) is 4.06. The highest BCUT2D eigenvalue weighted by Gasteiger charge is 2.04. The number of carbonyl (C=O) groups is 1. The molecule has 0 atom stereocenters. The molecule has 0 aliphatic rings. The van der Waals surface area contributed by atoms with Gasteiger partial charge in [0, 0.05) is 29.9 Å². The highest BCUT2D eigenvalue weighted by Crippen LogP contribution is 2.20. The maximum Gasteiger partial charge on any atom is 0.335 e. The normalized spacial score (nSPS) is 11.0. The largest absolute Gasteiger partial charge is 0.478 e. The molecule has 0 aliphatic heterocycles. The monoisotopic (exact) mass is 304 g/mol. The van der Waals surface area contributed by atoms with Gasteiger partial charge in [-0.05, 0) is 48.9 Å². The summed E-state index contributed by atoms with van der Waals surface area (Å²) in [7, 11) is 0. The number of nitrogens with zero attached hydrogens (tertiary/aromatic N) is 2. The first kappa shape index (κ1) is 14.8. The van der Waals surface area contributed by atoms with Crippen LogP contribution in [0.15, 0.2) is 72.0 Å². The molecule has 0 saturated carbocycles. The molecule has 0 spiro atoms. The van der Waals surface area contributed by atoms with Crippen molar-refractivity contribution < 1.29 is 9.90 Å². The number of hydrogen-bond acceptors (Lipinski definition) is 2. The third kappa shape index (κ3) is 3.37. The van der Waals surface area contributed by atoms with Gasteiger partial charge in [-0.15, -0.1) is 0 Å². The first-order valence-electron chi connectivity index (χ1n) is 7.25. The summed E-state index contributed by atoms with van der Waals surface area (Å²) in [4.78, 5) is 15.4. The maximum absolute atomic E-state index is 10.9. The molecule has 114 valence electrons. The van der Waals surface area contributed by atoms with E-state index in [2.05, 4.69) is 4.99 Å². The Morgan fingerprint density at radius 2 is 1.91 bits per heavy atom. The van der Waals surface area contributed by atoms with Crippen LogP contribution in [0.25, 0.3) is 5.69 Å². The van der Waals surface area contributed by atoms with Gasteiger partial charge in [0.25, 0.3) is 0 Å². The first-order valence-corrected chi connectivity index (χ1v) is 7.25. The molecular formula is C19H16N2O2. The van der Waals surface area contributed by atoms with Crippen molar-refractivity contribution >= 4 is 17.9 Å². The quantitative estimate of drug-likeness (QED) is 0.733. The van der Waals surface area contributed by atoms with E-state index < -0.39 is 5.97 Å². The zero-order valence-electron chi connectivity index (χ0n) is 12.7. The Morgan fingerprint density at radius 1 is 1.13 bits per heavy atom. The fourth-order valence-corrected chi connectivity index (χ4v) is 2.33. The Morgan fingerprint density at radius 3 is 2.61 bits per heavy atom. The first-order chi connectivity index (χ1) is 11.1. The van der Waals surface area contributed by atoms with Crippen molar-refractivity contribution in [2.24, 2.45) is 4.99 Å². The van der Waals surface area contributed by atoms with Gasteiger partial charge in [0.2, 0.25) is 0 Å². The van der Waals surface area contributed by atoms with Crippen LogP contribution in [0.4, 0.5) is 5.69 Å². The lowest BCUT2D eigenvalue weighted by Gasteiger charge is -2.01. The zero-order chi connectivity index (χ0) is 16.2. The molecule has 23 heavy (non-hydrogen) atoms. The minimum absolute atomic E-state index is 0.275.